The molecule has 4 heteroatoms. The molecule has 0 fully saturated rings. The van der Waals surface area contributed by atoms with Gasteiger partial charge in [-0.1, -0.05) is 13.1 Å². The van der Waals surface area contributed by atoms with E-state index in [4.69, 9.17) is 22.2 Å². The fourth-order valence-electron chi connectivity index (χ4n) is 0. The normalized spacial score (nSPS) is 14.0. The van der Waals surface area contributed by atoms with Crippen molar-refractivity contribution in [2.24, 2.45) is 0 Å². The molecule has 0 saturated heterocycles. The third kappa shape index (κ3) is 5.01. The topological polar surface area (TPSA) is 0 Å². The van der Waals surface area contributed by atoms with Crippen LogP contribution in [0.25, 0.3) is 0 Å². The fraction of sp³-hybridized carbons (Fsp3) is 1.00. The largest absolute Gasteiger partial charge is 0.178 e. The minimum Gasteiger partial charge on any atom is -0.178 e. The molecule has 0 saturated carbocycles. The Hall–Kier alpha value is 1.01. The van der Waals surface area contributed by atoms with Crippen LogP contribution in [0.4, 0.5) is 0 Å². The summed E-state index contributed by atoms with van der Waals surface area (Å²) in [6.07, 6.45) is 0. The summed E-state index contributed by atoms with van der Waals surface area (Å²) in [6.45, 7) is 2.90. The molecule has 38 valence electrons. The summed E-state index contributed by atoms with van der Waals surface area (Å²) < 4.78 is 0. The maximum absolute atomic E-state index is 5.79. The highest BCUT2D eigenvalue weighted by Crippen LogP contribution is 2.05. The molecule has 0 aromatic rings. The van der Waals surface area contributed by atoms with Gasteiger partial charge in [-0.2, -0.15) is 22.2 Å². The van der Waals surface area contributed by atoms with Crippen LogP contribution in [0.3, 0.4) is 0 Å². The van der Waals surface area contributed by atoms with Gasteiger partial charge in [0.15, 0.2) is 6.90 Å². The summed E-state index contributed by atoms with van der Waals surface area (Å²) in [5.74, 6) is 0. The molecule has 6 heavy (non-hydrogen) atoms. The van der Waals surface area contributed by atoms with Gasteiger partial charge in [0.25, 0.3) is 0 Å². The zero-order valence-electron chi connectivity index (χ0n) is 3.96. The molecule has 0 aromatic heterocycles. The first-order valence-electron chi connectivity index (χ1n) is 1.81. The van der Waals surface area contributed by atoms with E-state index < -0.39 is 6.90 Å². The number of hydrogen-bond acceptors (Lipinski definition) is 0. The van der Waals surface area contributed by atoms with Crippen LogP contribution in [0.1, 0.15) is 0 Å². The molecule has 0 aliphatic carbocycles. The maximum atomic E-state index is 5.79. The molecule has 0 nitrogen and oxygen atoms in total. The first kappa shape index (κ1) is 7.01. The van der Waals surface area contributed by atoms with E-state index in [0.717, 1.165) is 0 Å². The molecule has 0 spiro atoms. The third-order valence-corrected chi connectivity index (χ3v) is 11.3. The lowest BCUT2D eigenvalue weighted by atomic mass is 11.9. The number of halogens is 2. The zero-order valence-corrected chi connectivity index (χ0v) is 7.89. The Morgan fingerprint density at radius 3 is 1.67 bits per heavy atom. The van der Waals surface area contributed by atoms with Gasteiger partial charge in [-0.25, -0.2) is 0 Å². The van der Waals surface area contributed by atoms with E-state index in [2.05, 4.69) is 13.1 Å². The van der Waals surface area contributed by atoms with Crippen molar-refractivity contribution in [3.8, 4) is 0 Å². The number of hydrogen-bond donors (Lipinski definition) is 0. The van der Waals surface area contributed by atoms with Crippen LogP contribution < -0.4 is 0 Å². The van der Waals surface area contributed by atoms with Crippen LogP contribution in [0.2, 0.25) is 13.1 Å². The van der Waals surface area contributed by atoms with E-state index in [9.17, 15) is 0 Å². The maximum Gasteiger partial charge on any atom is 0.152 e. The highest BCUT2D eigenvalue weighted by Gasteiger charge is 2.14. The van der Waals surface area contributed by atoms with Crippen LogP contribution in [0.15, 0.2) is 0 Å². The third-order valence-electron chi connectivity index (χ3n) is 0.318. The molecule has 0 aliphatic heterocycles. The van der Waals surface area contributed by atoms with Gasteiger partial charge in [0.2, 0.25) is 0 Å². The molecule has 0 atom stereocenters. The molecule has 0 rings (SSSR count). The zero-order chi connectivity index (χ0) is 5.21. The summed E-state index contributed by atoms with van der Waals surface area (Å²) in [5, 5.41) is 0. The second-order valence-electron chi connectivity index (χ2n) is 1.85. The lowest BCUT2D eigenvalue weighted by Gasteiger charge is -2.02. The molecule has 0 bridgehead atoms. The van der Waals surface area contributed by atoms with Crippen molar-refractivity contribution in [3.05, 3.63) is 0 Å². The van der Waals surface area contributed by atoms with Crippen LogP contribution in [0.5, 0.6) is 0 Å². The van der Waals surface area contributed by atoms with Gasteiger partial charge in [0, 0.05) is 0 Å². The lowest BCUT2D eigenvalue weighted by molar-refractivity contribution is 2.06. The molecule has 0 radical (unpaired) electrons. The van der Waals surface area contributed by atoms with Crippen molar-refractivity contribution in [2.45, 2.75) is 13.1 Å². The molecule has 0 N–H and O–H groups in total. The van der Waals surface area contributed by atoms with E-state index >= 15 is 0 Å². The molecule has 0 amide bonds. The molecule has 0 aromatic carbocycles. The molecular weight excluding hydrogens is 151 g/mol. The van der Waals surface area contributed by atoms with E-state index in [1.807, 2.05) is 0 Å². The van der Waals surface area contributed by atoms with E-state index in [1.54, 1.807) is 0 Å². The summed E-state index contributed by atoms with van der Waals surface area (Å²) in [4.78, 5) is 0. The molecule has 0 aliphatic rings. The van der Waals surface area contributed by atoms with Crippen LogP contribution >= 0.6 is 22.2 Å². The average Bonchev–Trinajstić information content (AvgIpc) is 1.35. The average molecular weight is 159 g/mol. The SMILES string of the molecule is C[Si](C)(Cl)[SiH2]Cl. The van der Waals surface area contributed by atoms with E-state index in [0.29, 0.717) is 0 Å². The van der Waals surface area contributed by atoms with E-state index in [-0.39, 0.29) is 8.35 Å². The van der Waals surface area contributed by atoms with Crippen LogP contribution in [-0.2, 0) is 0 Å². The Kier molecular flexibility index (Phi) is 2.75. The highest BCUT2D eigenvalue weighted by atomic mass is 35.6. The fourth-order valence-corrected chi connectivity index (χ4v) is 0. The van der Waals surface area contributed by atoms with Crippen molar-refractivity contribution < 1.29 is 0 Å². The minimum atomic E-state index is -1.25. The van der Waals surface area contributed by atoms with Gasteiger partial charge >= 0.3 is 0 Å². The summed E-state index contributed by atoms with van der Waals surface area (Å²) in [7, 11) is -0.371. The second kappa shape index (κ2) is 2.35. The lowest BCUT2D eigenvalue weighted by Crippen LogP contribution is -2.22. The van der Waals surface area contributed by atoms with Crippen LogP contribution in [-0.4, -0.2) is 15.2 Å². The van der Waals surface area contributed by atoms with Gasteiger partial charge in [0.05, 0.1) is 0 Å². The molecular formula is C2H8Cl2Si2. The monoisotopic (exact) mass is 158 g/mol. The second-order valence-corrected chi connectivity index (χ2v) is 18.5. The Labute approximate surface area is 50.9 Å². The first-order valence-corrected chi connectivity index (χ1v) is 10.3. The van der Waals surface area contributed by atoms with Crippen molar-refractivity contribution >= 4 is 37.4 Å². The van der Waals surface area contributed by atoms with Gasteiger partial charge in [-0.05, 0) is 0 Å². The Morgan fingerprint density at radius 1 is 1.50 bits per heavy atom. The van der Waals surface area contributed by atoms with Crippen molar-refractivity contribution in [1.82, 2.24) is 0 Å². The van der Waals surface area contributed by atoms with Crippen molar-refractivity contribution in [1.29, 1.82) is 0 Å². The van der Waals surface area contributed by atoms with Crippen LogP contribution in [0, 0.1) is 0 Å². The van der Waals surface area contributed by atoms with Gasteiger partial charge in [0.1, 0.15) is 8.35 Å². The van der Waals surface area contributed by atoms with Gasteiger partial charge in [-0.15, -0.1) is 0 Å². The summed E-state index contributed by atoms with van der Waals surface area (Å²) in [6, 6.07) is 0. The minimum absolute atomic E-state index is 0.371. The van der Waals surface area contributed by atoms with Gasteiger partial charge < -0.3 is 0 Å². The Bertz CT molecular complexity index is 39.3. The quantitative estimate of drug-likeness (QED) is 0.399. The summed E-state index contributed by atoms with van der Waals surface area (Å²) >= 11 is 11.3. The molecule has 0 unspecified atom stereocenters. The Morgan fingerprint density at radius 2 is 1.67 bits per heavy atom. The highest BCUT2D eigenvalue weighted by molar-refractivity contribution is 7.57. The smallest absolute Gasteiger partial charge is 0.152 e. The molecule has 0 heterocycles. The number of rotatable bonds is 1. The van der Waals surface area contributed by atoms with Gasteiger partial charge in [-0.3, -0.25) is 0 Å². The van der Waals surface area contributed by atoms with Crippen molar-refractivity contribution in [3.63, 3.8) is 0 Å². The summed E-state index contributed by atoms with van der Waals surface area (Å²) in [5.41, 5.74) is 0. The predicted molar refractivity (Wildman–Crippen MR) is 37.7 cm³/mol. The first-order chi connectivity index (χ1) is 2.56. The predicted octanol–water partition coefficient (Wildman–Crippen LogP) is 1.25. The van der Waals surface area contributed by atoms with Crippen molar-refractivity contribution in [2.75, 3.05) is 0 Å². The standard InChI is InChI=1S/C2H8Cl2Si2/c1-6(2,4)5-3/h5H2,1-2H3. The Balaban J connectivity index is 3.17. The van der Waals surface area contributed by atoms with E-state index in [1.165, 1.54) is 0 Å².